The average molecular weight is 1040 g/mol. The predicted octanol–water partition coefficient (Wildman–Crippen LogP) is 9.03. The van der Waals surface area contributed by atoms with E-state index in [4.69, 9.17) is 26.2 Å². The standard InChI is InChI=1S/C21H16ClF3N4O3.C19H20F3IN2O5S/c1-26-19(30)18-11-15(8-9-27-18)32-14-5-2-12(3-6-14)28-20(31)29-13-4-7-17(22)16(10-13)21(23,24)25;1-30-15-7-13(21)16(22)18(24-14-3-2-10(23)6-12(14)20)17(15)25-31(28,29)19(4-5-19)8-11(27)9-26/h2-11H,1H3,(H,26,30)(H2,28,29,31);2-3,6-7,11,24-27H,4-5,8-9H2,1H3. The van der Waals surface area contributed by atoms with E-state index in [-0.39, 0.29) is 48.0 Å². The number of alkyl halides is 3. The molecule has 14 nitrogen and oxygen atoms in total. The zero-order valence-electron chi connectivity index (χ0n) is 32.7. The largest absolute Gasteiger partial charge is 0.494 e. The number of aliphatic hydroxyl groups is 2. The Morgan fingerprint density at radius 2 is 1.59 bits per heavy atom. The number of anilines is 5. The van der Waals surface area contributed by atoms with Crippen molar-refractivity contribution in [2.45, 2.75) is 36.3 Å². The summed E-state index contributed by atoms with van der Waals surface area (Å²) >= 11 is 7.45. The van der Waals surface area contributed by atoms with E-state index in [1.54, 1.807) is 30.3 Å². The van der Waals surface area contributed by atoms with Crippen LogP contribution >= 0.6 is 34.2 Å². The second-order valence-corrected chi connectivity index (χ2v) is 17.3. The number of sulfonamides is 1. The van der Waals surface area contributed by atoms with Crippen LogP contribution in [0.2, 0.25) is 5.02 Å². The molecule has 1 saturated carbocycles. The molecule has 6 rings (SSSR count). The van der Waals surface area contributed by atoms with Crippen molar-refractivity contribution in [2.24, 2.45) is 0 Å². The van der Waals surface area contributed by atoms with Gasteiger partial charge in [-0.15, -0.1) is 0 Å². The molecular formula is C40H36ClF6IN6O8S. The van der Waals surface area contributed by atoms with Crippen LogP contribution in [0.4, 0.5) is 59.6 Å². The van der Waals surface area contributed by atoms with Gasteiger partial charge < -0.3 is 41.0 Å². The first-order chi connectivity index (χ1) is 29.7. The van der Waals surface area contributed by atoms with Crippen LogP contribution in [0.1, 0.15) is 35.3 Å². The van der Waals surface area contributed by atoms with Crippen molar-refractivity contribution in [1.82, 2.24) is 10.3 Å². The molecule has 1 atom stereocenters. The van der Waals surface area contributed by atoms with Crippen molar-refractivity contribution < 1.29 is 64.0 Å². The second kappa shape index (κ2) is 20.3. The smallest absolute Gasteiger partial charge is 0.417 e. The predicted molar refractivity (Wildman–Crippen MR) is 231 cm³/mol. The summed E-state index contributed by atoms with van der Waals surface area (Å²) in [7, 11) is -1.60. The highest BCUT2D eigenvalue weighted by molar-refractivity contribution is 14.1. The molecule has 0 aliphatic heterocycles. The Hall–Kier alpha value is -5.56. The summed E-state index contributed by atoms with van der Waals surface area (Å²) < 4.78 is 120. The van der Waals surface area contributed by atoms with Gasteiger partial charge in [-0.05, 0) is 109 Å². The first kappa shape index (κ1) is 48.5. The maximum Gasteiger partial charge on any atom is 0.417 e. The summed E-state index contributed by atoms with van der Waals surface area (Å²) in [5.74, 6) is -3.38. The number of nitrogens with zero attached hydrogens (tertiary/aromatic N) is 1. The van der Waals surface area contributed by atoms with Gasteiger partial charge >= 0.3 is 12.2 Å². The SMILES string of the molecule is CNC(=O)c1cc(Oc2ccc(NC(=O)Nc3ccc(Cl)c(C(F)(F)F)c3)cc2)ccn1.COc1cc(F)c(F)c(Nc2ccc(I)cc2F)c1NS(=O)(=O)C1(CC(O)CO)CC1. The number of nitrogens with one attached hydrogen (secondary N) is 5. The van der Waals surface area contributed by atoms with Crippen LogP contribution in [0, 0.1) is 21.0 Å². The maximum absolute atomic E-state index is 14.7. The quantitative estimate of drug-likeness (QED) is 0.0416. The molecule has 7 N–H and O–H groups in total. The topological polar surface area (TPSA) is 200 Å². The lowest BCUT2D eigenvalue weighted by Crippen LogP contribution is -2.34. The Morgan fingerprint density at radius 3 is 2.19 bits per heavy atom. The van der Waals surface area contributed by atoms with Gasteiger partial charge in [0.1, 0.15) is 40.1 Å². The number of amides is 3. The number of urea groups is 1. The summed E-state index contributed by atoms with van der Waals surface area (Å²) in [5, 5.41) is 28.0. The minimum atomic E-state index is -4.64. The number of benzene rings is 4. The van der Waals surface area contributed by atoms with Crippen molar-refractivity contribution in [3.63, 3.8) is 0 Å². The van der Waals surface area contributed by atoms with Crippen LogP contribution in [0.25, 0.3) is 0 Å². The monoisotopic (exact) mass is 1040 g/mol. The van der Waals surface area contributed by atoms with Crippen LogP contribution in [0.3, 0.4) is 0 Å². The normalized spacial score (nSPS) is 13.4. The van der Waals surface area contributed by atoms with E-state index in [0.29, 0.717) is 26.8 Å². The number of ether oxygens (including phenoxy) is 2. The Morgan fingerprint density at radius 1 is 0.921 bits per heavy atom. The molecule has 63 heavy (non-hydrogen) atoms. The summed E-state index contributed by atoms with van der Waals surface area (Å²) in [6.45, 7) is -0.620. The van der Waals surface area contributed by atoms with Crippen molar-refractivity contribution in [3.05, 3.63) is 122 Å². The van der Waals surface area contributed by atoms with Crippen LogP contribution in [-0.2, 0) is 16.2 Å². The molecular weight excluding hydrogens is 1000 g/mol. The van der Waals surface area contributed by atoms with Gasteiger partial charge in [-0.1, -0.05) is 11.6 Å². The van der Waals surface area contributed by atoms with E-state index >= 15 is 0 Å². The summed E-state index contributed by atoms with van der Waals surface area (Å²) in [5.41, 5.74) is -1.85. The average Bonchev–Trinajstić information content (AvgIpc) is 4.03. The molecule has 1 unspecified atom stereocenters. The highest BCUT2D eigenvalue weighted by Gasteiger charge is 2.55. The zero-order chi connectivity index (χ0) is 46.3. The minimum Gasteiger partial charge on any atom is -0.494 e. The van der Waals surface area contributed by atoms with Gasteiger partial charge in [-0.25, -0.2) is 26.4 Å². The number of carbonyl (C=O) groups excluding carboxylic acids is 2. The summed E-state index contributed by atoms with van der Waals surface area (Å²) in [6, 6.07) is 16.3. The van der Waals surface area contributed by atoms with Crippen molar-refractivity contribution in [2.75, 3.05) is 41.4 Å². The van der Waals surface area contributed by atoms with Gasteiger partial charge in [0, 0.05) is 40.3 Å². The Bertz CT molecular complexity index is 2590. The van der Waals surface area contributed by atoms with E-state index in [0.717, 1.165) is 25.3 Å². The second-order valence-electron chi connectivity index (χ2n) is 13.6. The van der Waals surface area contributed by atoms with Crippen molar-refractivity contribution in [1.29, 1.82) is 0 Å². The first-order valence-corrected chi connectivity index (χ1v) is 21.1. The number of hydrogen-bond donors (Lipinski definition) is 7. The molecule has 23 heteroatoms. The lowest BCUT2D eigenvalue weighted by atomic mass is 10.2. The van der Waals surface area contributed by atoms with Crippen molar-refractivity contribution >= 4 is 84.6 Å². The maximum atomic E-state index is 14.7. The molecule has 1 heterocycles. The summed E-state index contributed by atoms with van der Waals surface area (Å²) in [4.78, 5) is 27.7. The van der Waals surface area contributed by atoms with Gasteiger partial charge in [-0.2, -0.15) is 13.2 Å². The van der Waals surface area contributed by atoms with Gasteiger partial charge in [0.2, 0.25) is 10.0 Å². The fraction of sp³-hybridized carbons (Fsp3) is 0.225. The molecule has 0 saturated heterocycles. The van der Waals surface area contributed by atoms with Crippen LogP contribution < -0.4 is 35.5 Å². The Kier molecular flexibility index (Phi) is 15.6. The van der Waals surface area contributed by atoms with E-state index < -0.39 is 79.1 Å². The molecule has 1 fully saturated rings. The third kappa shape index (κ3) is 12.3. The number of carbonyl (C=O) groups is 2. The molecule has 1 aliphatic carbocycles. The molecule has 336 valence electrons. The Labute approximate surface area is 374 Å². The van der Waals surface area contributed by atoms with E-state index in [2.05, 4.69) is 31.0 Å². The fourth-order valence-electron chi connectivity index (χ4n) is 5.75. The van der Waals surface area contributed by atoms with Crippen LogP contribution in [0.5, 0.6) is 17.2 Å². The number of halogens is 8. The molecule has 0 bridgehead atoms. The minimum absolute atomic E-state index is 0.0659. The van der Waals surface area contributed by atoms with Crippen LogP contribution in [0.15, 0.2) is 85.1 Å². The number of pyridine rings is 1. The third-order valence-electron chi connectivity index (χ3n) is 9.10. The molecule has 1 aromatic heterocycles. The zero-order valence-corrected chi connectivity index (χ0v) is 36.4. The fourth-order valence-corrected chi connectivity index (χ4v) is 8.17. The third-order valence-corrected chi connectivity index (χ3v) is 12.3. The van der Waals surface area contributed by atoms with E-state index in [1.807, 2.05) is 22.6 Å². The van der Waals surface area contributed by atoms with E-state index in [1.165, 1.54) is 37.5 Å². The highest BCUT2D eigenvalue weighted by Crippen LogP contribution is 2.50. The molecule has 0 radical (unpaired) electrons. The van der Waals surface area contributed by atoms with Crippen molar-refractivity contribution in [3.8, 4) is 17.2 Å². The lowest BCUT2D eigenvalue weighted by molar-refractivity contribution is -0.137. The first-order valence-electron chi connectivity index (χ1n) is 18.2. The number of aliphatic hydroxyl groups excluding tert-OH is 2. The molecule has 1 aliphatic rings. The van der Waals surface area contributed by atoms with Gasteiger partial charge in [0.15, 0.2) is 11.6 Å². The molecule has 3 amide bonds. The van der Waals surface area contributed by atoms with Crippen LogP contribution in [-0.4, -0.2) is 67.2 Å². The molecule has 4 aromatic carbocycles. The van der Waals surface area contributed by atoms with E-state index in [9.17, 15) is 49.5 Å². The number of methoxy groups -OCH3 is 1. The van der Waals surface area contributed by atoms with Gasteiger partial charge in [-0.3, -0.25) is 14.5 Å². The van der Waals surface area contributed by atoms with Gasteiger partial charge in [0.05, 0.1) is 40.8 Å². The Balaban J connectivity index is 0.000000238. The lowest BCUT2D eigenvalue weighted by Gasteiger charge is -2.23. The molecule has 5 aromatic rings. The number of rotatable bonds is 14. The number of hydrogen-bond acceptors (Lipinski definition) is 10. The number of aromatic nitrogens is 1. The highest BCUT2D eigenvalue weighted by atomic mass is 127. The molecule has 0 spiro atoms. The van der Waals surface area contributed by atoms with Gasteiger partial charge in [0.25, 0.3) is 5.91 Å². The summed E-state index contributed by atoms with van der Waals surface area (Å²) in [6.07, 6.45) is -4.29.